The molecule has 0 radical (unpaired) electrons. The third kappa shape index (κ3) is 3.31. The van der Waals surface area contributed by atoms with E-state index < -0.39 is 0 Å². The van der Waals surface area contributed by atoms with Gasteiger partial charge in [-0.25, -0.2) is 9.97 Å². The van der Waals surface area contributed by atoms with Crippen molar-refractivity contribution in [3.8, 4) is 6.07 Å². The van der Waals surface area contributed by atoms with Crippen molar-refractivity contribution in [2.75, 3.05) is 37.0 Å². The Morgan fingerprint density at radius 1 is 1.50 bits per heavy atom. The fourth-order valence-corrected chi connectivity index (χ4v) is 1.87. The van der Waals surface area contributed by atoms with Gasteiger partial charge in [0.1, 0.15) is 24.5 Å². The number of anilines is 2. The molecule has 0 amide bonds. The summed E-state index contributed by atoms with van der Waals surface area (Å²) in [7, 11) is 1.84. The normalized spacial score (nSPS) is 16.0. The average molecular weight is 247 g/mol. The van der Waals surface area contributed by atoms with Crippen LogP contribution in [-0.2, 0) is 4.74 Å². The lowest BCUT2D eigenvalue weighted by molar-refractivity contribution is 0.0904. The van der Waals surface area contributed by atoms with E-state index >= 15 is 0 Å². The van der Waals surface area contributed by atoms with Gasteiger partial charge in [-0.05, 0) is 12.8 Å². The molecule has 1 N–H and O–H groups in total. The number of ether oxygens (including phenoxy) is 1. The first kappa shape index (κ1) is 12.6. The zero-order valence-corrected chi connectivity index (χ0v) is 10.5. The lowest BCUT2D eigenvalue weighted by atomic mass is 10.1. The van der Waals surface area contributed by atoms with Crippen molar-refractivity contribution < 1.29 is 4.74 Å². The molecule has 0 unspecified atom stereocenters. The van der Waals surface area contributed by atoms with E-state index in [9.17, 15) is 0 Å². The van der Waals surface area contributed by atoms with Crippen LogP contribution in [0.25, 0.3) is 0 Å². The molecule has 0 atom stereocenters. The van der Waals surface area contributed by atoms with Gasteiger partial charge in [0, 0.05) is 32.4 Å². The van der Waals surface area contributed by atoms with Crippen LogP contribution in [0.5, 0.6) is 0 Å². The largest absolute Gasteiger partial charge is 0.381 e. The summed E-state index contributed by atoms with van der Waals surface area (Å²) in [6, 6.07) is 4.37. The van der Waals surface area contributed by atoms with Gasteiger partial charge in [0.25, 0.3) is 0 Å². The van der Waals surface area contributed by atoms with E-state index in [0.29, 0.717) is 12.6 Å². The fraction of sp³-hybridized carbons (Fsp3) is 0.583. The summed E-state index contributed by atoms with van der Waals surface area (Å²) >= 11 is 0. The number of aromatic nitrogens is 2. The van der Waals surface area contributed by atoms with Gasteiger partial charge in [-0.2, -0.15) is 5.26 Å². The molecule has 1 saturated heterocycles. The molecule has 1 aliphatic heterocycles. The molecule has 6 nitrogen and oxygen atoms in total. The van der Waals surface area contributed by atoms with Gasteiger partial charge in [0.05, 0.1) is 6.07 Å². The maximum absolute atomic E-state index is 8.66. The summed E-state index contributed by atoms with van der Waals surface area (Å²) in [6.45, 7) is 1.90. The topological polar surface area (TPSA) is 74.1 Å². The van der Waals surface area contributed by atoms with Gasteiger partial charge in [-0.1, -0.05) is 0 Å². The molecule has 1 fully saturated rings. The summed E-state index contributed by atoms with van der Waals surface area (Å²) in [5.74, 6) is 1.55. The number of nitrogens with one attached hydrogen (secondary N) is 1. The Morgan fingerprint density at radius 3 is 3.00 bits per heavy atom. The summed E-state index contributed by atoms with van der Waals surface area (Å²) in [6.07, 6.45) is 3.51. The molecule has 1 aliphatic rings. The van der Waals surface area contributed by atoms with Gasteiger partial charge >= 0.3 is 0 Å². The van der Waals surface area contributed by atoms with E-state index in [1.807, 2.05) is 13.1 Å². The van der Waals surface area contributed by atoms with E-state index in [1.54, 1.807) is 4.90 Å². The summed E-state index contributed by atoms with van der Waals surface area (Å²) < 4.78 is 5.31. The average Bonchev–Trinajstić information content (AvgIpc) is 2.40. The monoisotopic (exact) mass is 247 g/mol. The second-order valence-corrected chi connectivity index (χ2v) is 4.31. The quantitative estimate of drug-likeness (QED) is 0.801. The Kier molecular flexibility index (Phi) is 4.31. The number of hydrogen-bond donors (Lipinski definition) is 1. The van der Waals surface area contributed by atoms with E-state index in [1.165, 1.54) is 6.33 Å². The Balaban J connectivity index is 2.00. The second-order valence-electron chi connectivity index (χ2n) is 4.31. The Labute approximate surface area is 107 Å². The van der Waals surface area contributed by atoms with Crippen molar-refractivity contribution in [3.05, 3.63) is 12.4 Å². The van der Waals surface area contributed by atoms with Gasteiger partial charge in [0.15, 0.2) is 0 Å². The first-order chi connectivity index (χ1) is 8.79. The molecule has 0 aromatic carbocycles. The molecule has 2 rings (SSSR count). The van der Waals surface area contributed by atoms with Crippen LogP contribution in [0.1, 0.15) is 12.8 Å². The summed E-state index contributed by atoms with van der Waals surface area (Å²) in [5.41, 5.74) is 0. The van der Waals surface area contributed by atoms with E-state index in [0.717, 1.165) is 37.7 Å². The zero-order chi connectivity index (χ0) is 12.8. The molecule has 1 aromatic rings. The molecule has 1 aromatic heterocycles. The molecule has 6 heteroatoms. The first-order valence-electron chi connectivity index (χ1n) is 6.04. The van der Waals surface area contributed by atoms with Crippen LogP contribution in [0.15, 0.2) is 12.4 Å². The van der Waals surface area contributed by atoms with Crippen molar-refractivity contribution in [2.45, 2.75) is 18.9 Å². The minimum absolute atomic E-state index is 0.313. The third-order valence-electron chi connectivity index (χ3n) is 2.92. The third-order valence-corrected chi connectivity index (χ3v) is 2.92. The number of rotatable bonds is 4. The highest BCUT2D eigenvalue weighted by atomic mass is 16.5. The minimum atomic E-state index is 0.313. The molecular weight excluding hydrogens is 230 g/mol. The molecule has 96 valence electrons. The Bertz CT molecular complexity index is 425. The van der Waals surface area contributed by atoms with Crippen LogP contribution in [0, 0.1) is 11.3 Å². The Morgan fingerprint density at radius 2 is 2.28 bits per heavy atom. The maximum atomic E-state index is 8.66. The first-order valence-corrected chi connectivity index (χ1v) is 6.04. The van der Waals surface area contributed by atoms with E-state index in [2.05, 4.69) is 21.4 Å². The smallest absolute Gasteiger partial charge is 0.134 e. The molecule has 0 spiro atoms. The maximum Gasteiger partial charge on any atom is 0.134 e. The molecule has 18 heavy (non-hydrogen) atoms. The van der Waals surface area contributed by atoms with Gasteiger partial charge in [-0.15, -0.1) is 0 Å². The van der Waals surface area contributed by atoms with Crippen LogP contribution in [-0.4, -0.2) is 42.8 Å². The van der Waals surface area contributed by atoms with Gasteiger partial charge in [-0.3, -0.25) is 0 Å². The van der Waals surface area contributed by atoms with Crippen LogP contribution in [0.2, 0.25) is 0 Å². The van der Waals surface area contributed by atoms with Crippen molar-refractivity contribution in [2.24, 2.45) is 0 Å². The number of hydrogen-bond acceptors (Lipinski definition) is 6. The number of nitriles is 1. The lowest BCUT2D eigenvalue weighted by Gasteiger charge is -2.24. The van der Waals surface area contributed by atoms with Crippen LogP contribution in [0.3, 0.4) is 0 Å². The molecule has 0 saturated carbocycles. The lowest BCUT2D eigenvalue weighted by Crippen LogP contribution is -2.28. The summed E-state index contributed by atoms with van der Waals surface area (Å²) in [4.78, 5) is 10.1. The highest BCUT2D eigenvalue weighted by Crippen LogP contribution is 2.16. The fourth-order valence-electron chi connectivity index (χ4n) is 1.87. The standard InChI is InChI=1S/C12H17N5O/c1-17(5-4-13)12-8-11(14-9-15-12)16-10-2-6-18-7-3-10/h8-10H,2-3,5-7H2,1H3,(H,14,15,16). The predicted molar refractivity (Wildman–Crippen MR) is 68.4 cm³/mol. The van der Waals surface area contributed by atoms with Crippen molar-refractivity contribution in [1.29, 1.82) is 5.26 Å². The van der Waals surface area contributed by atoms with Crippen LogP contribution in [0.4, 0.5) is 11.6 Å². The zero-order valence-electron chi connectivity index (χ0n) is 10.5. The highest BCUT2D eigenvalue weighted by Gasteiger charge is 2.14. The van der Waals surface area contributed by atoms with Gasteiger partial charge in [0.2, 0.25) is 0 Å². The molecule has 0 bridgehead atoms. The SMILES string of the molecule is CN(CC#N)c1cc(NC2CCOCC2)ncn1. The van der Waals surface area contributed by atoms with Crippen molar-refractivity contribution >= 4 is 11.6 Å². The minimum Gasteiger partial charge on any atom is -0.381 e. The second kappa shape index (κ2) is 6.17. The highest BCUT2D eigenvalue weighted by molar-refractivity contribution is 5.48. The summed E-state index contributed by atoms with van der Waals surface area (Å²) in [5, 5.41) is 12.0. The number of nitrogens with zero attached hydrogens (tertiary/aromatic N) is 4. The van der Waals surface area contributed by atoms with Gasteiger partial charge < -0.3 is 15.0 Å². The predicted octanol–water partition coefficient (Wildman–Crippen LogP) is 1.03. The van der Waals surface area contributed by atoms with Crippen LogP contribution < -0.4 is 10.2 Å². The van der Waals surface area contributed by atoms with Crippen molar-refractivity contribution in [1.82, 2.24) is 9.97 Å². The van der Waals surface area contributed by atoms with Crippen LogP contribution >= 0.6 is 0 Å². The Hall–Kier alpha value is -1.87. The molecule has 0 aliphatic carbocycles. The van der Waals surface area contributed by atoms with E-state index in [-0.39, 0.29) is 0 Å². The molecular formula is C12H17N5O. The van der Waals surface area contributed by atoms with E-state index in [4.69, 9.17) is 10.00 Å². The van der Waals surface area contributed by atoms with Crippen molar-refractivity contribution in [3.63, 3.8) is 0 Å². The molecule has 2 heterocycles.